The van der Waals surface area contributed by atoms with E-state index >= 15 is 0 Å². The smallest absolute Gasteiger partial charge is 0.174 e. The fraction of sp³-hybridized carbons (Fsp3) is 0.609. The van der Waals surface area contributed by atoms with Gasteiger partial charge in [-0.15, -0.1) is 0 Å². The number of ether oxygens (including phenoxy) is 2. The quantitative estimate of drug-likeness (QED) is 0.612. The van der Waals surface area contributed by atoms with Gasteiger partial charge in [0.05, 0.1) is 19.5 Å². The fourth-order valence-electron chi connectivity index (χ4n) is 4.20. The molecular formula is C23H34N2O2. The number of benzene rings is 1. The lowest BCUT2D eigenvalue weighted by atomic mass is 9.79. The molecule has 3 rings (SSSR count). The largest absolute Gasteiger partial charge is 0.349 e. The second kappa shape index (κ2) is 9.03. The maximum atomic E-state index is 6.56. The SMILES string of the molecule is CCCC1(CCC)COC(CCn2ccnc2)(Cc2ccc(C)cc2)OC1. The van der Waals surface area contributed by atoms with Gasteiger partial charge < -0.3 is 14.0 Å². The van der Waals surface area contributed by atoms with Crippen LogP contribution in [0, 0.1) is 12.3 Å². The Kier molecular flexibility index (Phi) is 6.72. The lowest BCUT2D eigenvalue weighted by molar-refractivity contribution is -0.309. The Morgan fingerprint density at radius 1 is 1.00 bits per heavy atom. The van der Waals surface area contributed by atoms with Gasteiger partial charge in [-0.05, 0) is 25.3 Å². The third kappa shape index (κ3) is 5.20. The van der Waals surface area contributed by atoms with E-state index in [-0.39, 0.29) is 5.41 Å². The van der Waals surface area contributed by atoms with Gasteiger partial charge in [0.1, 0.15) is 0 Å². The molecule has 4 heteroatoms. The summed E-state index contributed by atoms with van der Waals surface area (Å²) >= 11 is 0. The molecule has 1 aromatic carbocycles. The molecular weight excluding hydrogens is 336 g/mol. The van der Waals surface area contributed by atoms with Crippen LogP contribution in [0.5, 0.6) is 0 Å². The molecule has 1 saturated heterocycles. The number of hydrogen-bond acceptors (Lipinski definition) is 3. The van der Waals surface area contributed by atoms with Crippen LogP contribution in [0.25, 0.3) is 0 Å². The molecule has 2 aromatic rings. The van der Waals surface area contributed by atoms with Gasteiger partial charge in [0, 0.05) is 37.2 Å². The van der Waals surface area contributed by atoms with Crippen molar-refractivity contribution in [1.82, 2.24) is 9.55 Å². The molecule has 0 unspecified atom stereocenters. The van der Waals surface area contributed by atoms with Crippen molar-refractivity contribution < 1.29 is 9.47 Å². The van der Waals surface area contributed by atoms with Gasteiger partial charge in [0.25, 0.3) is 0 Å². The van der Waals surface area contributed by atoms with E-state index in [4.69, 9.17) is 9.47 Å². The van der Waals surface area contributed by atoms with E-state index in [1.165, 1.54) is 36.8 Å². The summed E-state index contributed by atoms with van der Waals surface area (Å²) in [7, 11) is 0. The Morgan fingerprint density at radius 3 is 2.22 bits per heavy atom. The number of nitrogens with zero attached hydrogens (tertiary/aromatic N) is 2. The van der Waals surface area contributed by atoms with Crippen molar-refractivity contribution in [3.05, 3.63) is 54.1 Å². The van der Waals surface area contributed by atoms with Crippen LogP contribution in [0.3, 0.4) is 0 Å². The summed E-state index contributed by atoms with van der Waals surface area (Å²) in [5.41, 5.74) is 2.72. The zero-order chi connectivity index (χ0) is 19.2. The van der Waals surface area contributed by atoms with Crippen molar-refractivity contribution >= 4 is 0 Å². The monoisotopic (exact) mass is 370 g/mol. The molecule has 0 spiro atoms. The zero-order valence-electron chi connectivity index (χ0n) is 17.1. The van der Waals surface area contributed by atoms with Gasteiger partial charge >= 0.3 is 0 Å². The van der Waals surface area contributed by atoms with E-state index in [0.29, 0.717) is 0 Å². The lowest BCUT2D eigenvalue weighted by Gasteiger charge is -2.47. The van der Waals surface area contributed by atoms with Gasteiger partial charge in [0.2, 0.25) is 0 Å². The van der Waals surface area contributed by atoms with E-state index in [2.05, 4.69) is 54.6 Å². The third-order valence-electron chi connectivity index (χ3n) is 5.75. The summed E-state index contributed by atoms with van der Waals surface area (Å²) in [4.78, 5) is 4.16. The van der Waals surface area contributed by atoms with Crippen LogP contribution < -0.4 is 0 Å². The summed E-state index contributed by atoms with van der Waals surface area (Å²) in [5.74, 6) is -0.551. The average Bonchev–Trinajstić information content (AvgIpc) is 3.19. The van der Waals surface area contributed by atoms with Gasteiger partial charge in [-0.3, -0.25) is 0 Å². The van der Waals surface area contributed by atoms with Crippen LogP contribution in [0.4, 0.5) is 0 Å². The van der Waals surface area contributed by atoms with Gasteiger partial charge in [0.15, 0.2) is 5.79 Å². The number of imidazole rings is 1. The molecule has 27 heavy (non-hydrogen) atoms. The molecule has 148 valence electrons. The summed E-state index contributed by atoms with van der Waals surface area (Å²) in [6, 6.07) is 8.72. The molecule has 4 nitrogen and oxygen atoms in total. The lowest BCUT2D eigenvalue weighted by Crippen LogP contribution is -2.51. The Hall–Kier alpha value is -1.65. The van der Waals surface area contributed by atoms with Crippen LogP contribution in [0.1, 0.15) is 57.1 Å². The first-order valence-electron chi connectivity index (χ1n) is 10.4. The van der Waals surface area contributed by atoms with E-state index in [9.17, 15) is 0 Å². The maximum Gasteiger partial charge on any atom is 0.174 e. The van der Waals surface area contributed by atoms with Gasteiger partial charge in [-0.25, -0.2) is 4.98 Å². The second-order valence-corrected chi connectivity index (χ2v) is 8.20. The van der Waals surface area contributed by atoms with Gasteiger partial charge in [-0.1, -0.05) is 56.5 Å². The van der Waals surface area contributed by atoms with Crippen molar-refractivity contribution in [2.45, 2.75) is 71.6 Å². The molecule has 1 aliphatic rings. The second-order valence-electron chi connectivity index (χ2n) is 8.20. The standard InChI is InChI=1S/C23H34N2O2/c1-4-10-22(11-5-2)17-26-23(27-18-22,12-14-25-15-13-24-19-25)16-21-8-6-20(3)7-9-21/h6-9,13,15,19H,4-5,10-12,14,16-18H2,1-3H3. The average molecular weight is 371 g/mol. The van der Waals surface area contributed by atoms with Crippen LogP contribution in [-0.4, -0.2) is 28.6 Å². The highest BCUT2D eigenvalue weighted by molar-refractivity contribution is 5.22. The van der Waals surface area contributed by atoms with Crippen molar-refractivity contribution in [3.8, 4) is 0 Å². The molecule has 0 N–H and O–H groups in total. The number of hydrogen-bond donors (Lipinski definition) is 0. The molecule has 0 bridgehead atoms. The molecule has 0 atom stereocenters. The molecule has 1 fully saturated rings. The van der Waals surface area contributed by atoms with Crippen molar-refractivity contribution in [2.75, 3.05) is 13.2 Å². The van der Waals surface area contributed by atoms with E-state index < -0.39 is 5.79 Å². The Bertz CT molecular complexity index is 663. The van der Waals surface area contributed by atoms with Gasteiger partial charge in [-0.2, -0.15) is 0 Å². The number of rotatable bonds is 9. The molecule has 0 aliphatic carbocycles. The van der Waals surface area contributed by atoms with Crippen LogP contribution in [0.2, 0.25) is 0 Å². The van der Waals surface area contributed by atoms with E-state index in [0.717, 1.165) is 32.6 Å². The maximum absolute atomic E-state index is 6.56. The molecule has 1 aliphatic heterocycles. The van der Waals surface area contributed by atoms with Crippen LogP contribution in [-0.2, 0) is 22.4 Å². The van der Waals surface area contributed by atoms with Crippen molar-refractivity contribution in [2.24, 2.45) is 5.41 Å². The third-order valence-corrected chi connectivity index (χ3v) is 5.75. The molecule has 2 heterocycles. The van der Waals surface area contributed by atoms with Crippen LogP contribution in [0.15, 0.2) is 43.0 Å². The van der Waals surface area contributed by atoms with E-state index in [1.54, 1.807) is 0 Å². The number of aromatic nitrogens is 2. The predicted octanol–water partition coefficient (Wildman–Crippen LogP) is 5.15. The summed E-state index contributed by atoms with van der Waals surface area (Å²) < 4.78 is 15.2. The normalized spacial score (nSPS) is 18.5. The fourth-order valence-corrected chi connectivity index (χ4v) is 4.20. The van der Waals surface area contributed by atoms with E-state index in [1.807, 2.05) is 18.7 Å². The topological polar surface area (TPSA) is 36.3 Å². The minimum absolute atomic E-state index is 0.176. The first-order chi connectivity index (χ1) is 13.1. The molecule has 0 radical (unpaired) electrons. The first-order valence-corrected chi connectivity index (χ1v) is 10.4. The minimum atomic E-state index is -0.551. The minimum Gasteiger partial charge on any atom is -0.349 e. The summed E-state index contributed by atoms with van der Waals surface area (Å²) in [6.45, 7) is 9.07. The summed E-state index contributed by atoms with van der Waals surface area (Å²) in [6.07, 6.45) is 12.0. The molecule has 0 saturated carbocycles. The molecule has 0 amide bonds. The summed E-state index contributed by atoms with van der Waals surface area (Å²) in [5, 5.41) is 0. The highest BCUT2D eigenvalue weighted by Gasteiger charge is 2.43. The number of aryl methyl sites for hydroxylation is 2. The van der Waals surface area contributed by atoms with Crippen molar-refractivity contribution in [3.63, 3.8) is 0 Å². The predicted molar refractivity (Wildman–Crippen MR) is 109 cm³/mol. The molecule has 1 aromatic heterocycles. The Labute approximate surface area is 163 Å². The van der Waals surface area contributed by atoms with Crippen LogP contribution >= 0.6 is 0 Å². The zero-order valence-corrected chi connectivity index (χ0v) is 17.1. The Balaban J connectivity index is 1.74. The highest BCUT2D eigenvalue weighted by atomic mass is 16.7. The Morgan fingerprint density at radius 2 is 1.67 bits per heavy atom. The highest BCUT2D eigenvalue weighted by Crippen LogP contribution is 2.40. The van der Waals surface area contributed by atoms with Crippen molar-refractivity contribution in [1.29, 1.82) is 0 Å². The first kappa shape index (κ1) is 20.1.